The molecule has 0 fully saturated rings. The van der Waals surface area contributed by atoms with Gasteiger partial charge in [-0.2, -0.15) is 10.2 Å². The predicted molar refractivity (Wildman–Crippen MR) is 161 cm³/mol. The highest BCUT2D eigenvalue weighted by Crippen LogP contribution is 2.47. The van der Waals surface area contributed by atoms with Crippen molar-refractivity contribution >= 4 is 32.3 Å². The van der Waals surface area contributed by atoms with Crippen LogP contribution in [0.3, 0.4) is 0 Å². The van der Waals surface area contributed by atoms with Crippen LogP contribution in [0, 0.1) is 11.6 Å². The number of methoxy groups -OCH3 is 1. The van der Waals surface area contributed by atoms with Crippen LogP contribution in [-0.4, -0.2) is 63.1 Å². The number of aromatic nitrogens is 5. The van der Waals surface area contributed by atoms with Crippen LogP contribution in [0.5, 0.6) is 5.75 Å². The topological polar surface area (TPSA) is 99.2 Å². The van der Waals surface area contributed by atoms with Crippen LogP contribution in [0.25, 0.3) is 54.8 Å². The summed E-state index contributed by atoms with van der Waals surface area (Å²) in [5.74, 6) is -1.47. The lowest BCUT2D eigenvalue weighted by molar-refractivity contribution is 0.146. The summed E-state index contributed by atoms with van der Waals surface area (Å²) in [4.78, 5) is 5.18. The number of hydrogen-bond donors (Lipinski definition) is 2. The molecular weight excluding hydrogens is 574 g/mol. The maximum atomic E-state index is 15.9. The second-order valence-corrected chi connectivity index (χ2v) is 11.3. The number of fused-ring (bicyclic) bond motifs is 3. The molecule has 2 N–H and O–H groups in total. The SMILES string of the molecule is COCCOc1cc(F)cc(F)c1-c1c(-c2cc3n(n2)CCNC3CO)nc(-c2ccc3c(cnn3C)c2)c2ccsc12. The van der Waals surface area contributed by atoms with E-state index in [0.29, 0.717) is 35.7 Å². The molecule has 1 aliphatic rings. The molecule has 220 valence electrons. The lowest BCUT2D eigenvalue weighted by Crippen LogP contribution is -2.35. The first-order chi connectivity index (χ1) is 21.0. The summed E-state index contributed by atoms with van der Waals surface area (Å²) in [6.45, 7) is 1.49. The lowest BCUT2D eigenvalue weighted by atomic mass is 9.96. The molecule has 0 bridgehead atoms. The molecule has 1 aliphatic heterocycles. The first kappa shape index (κ1) is 27.6. The molecule has 5 heterocycles. The van der Waals surface area contributed by atoms with E-state index in [1.165, 1.54) is 24.5 Å². The van der Waals surface area contributed by atoms with E-state index in [1.807, 2.05) is 58.3 Å². The molecule has 6 aromatic rings. The van der Waals surface area contributed by atoms with E-state index in [1.54, 1.807) is 0 Å². The van der Waals surface area contributed by atoms with Gasteiger partial charge in [-0.25, -0.2) is 13.8 Å². The van der Waals surface area contributed by atoms with Crippen LogP contribution >= 0.6 is 11.3 Å². The van der Waals surface area contributed by atoms with Crippen molar-refractivity contribution in [3.05, 3.63) is 71.4 Å². The van der Waals surface area contributed by atoms with Crippen molar-refractivity contribution in [2.24, 2.45) is 7.05 Å². The number of thiophene rings is 1. The predicted octanol–water partition coefficient (Wildman–Crippen LogP) is 5.32. The number of hydrogen-bond acceptors (Lipinski definition) is 8. The molecule has 2 aromatic carbocycles. The minimum Gasteiger partial charge on any atom is -0.490 e. The Bertz CT molecular complexity index is 1980. The van der Waals surface area contributed by atoms with Crippen molar-refractivity contribution in [1.29, 1.82) is 0 Å². The average Bonchev–Trinajstić information content (AvgIpc) is 3.75. The fraction of sp³-hybridized carbons (Fsp3) is 0.258. The fourth-order valence-corrected chi connectivity index (χ4v) is 6.68. The summed E-state index contributed by atoms with van der Waals surface area (Å²) in [5, 5.41) is 26.3. The molecule has 43 heavy (non-hydrogen) atoms. The Kier molecular flexibility index (Phi) is 7.14. The van der Waals surface area contributed by atoms with Crippen LogP contribution in [0.1, 0.15) is 11.7 Å². The standard InChI is InChI=1S/C31H28F2N6O3S/c1-38-24-4-3-17(11-18(24)15-35-38)29-20-5-10-43-31(20)28(27-21(33)12-19(32)13-26(27)42-9-8-41-2)30(36-29)22-14-25-23(16-40)34-6-7-39(25)37-22/h3-5,10-15,23,34,40H,6-9,16H2,1-2H3. The number of pyridine rings is 1. The Hall–Kier alpha value is -4.23. The van der Waals surface area contributed by atoms with E-state index in [-0.39, 0.29) is 37.2 Å². The number of nitrogens with zero attached hydrogens (tertiary/aromatic N) is 5. The highest BCUT2D eigenvalue weighted by Gasteiger charge is 2.29. The van der Waals surface area contributed by atoms with Gasteiger partial charge in [0.15, 0.2) is 0 Å². The molecule has 0 aliphatic carbocycles. The minimum atomic E-state index is -0.770. The van der Waals surface area contributed by atoms with Crippen molar-refractivity contribution in [1.82, 2.24) is 29.9 Å². The molecule has 1 unspecified atom stereocenters. The van der Waals surface area contributed by atoms with E-state index >= 15 is 4.39 Å². The van der Waals surface area contributed by atoms with E-state index in [2.05, 4.69) is 10.4 Å². The van der Waals surface area contributed by atoms with Gasteiger partial charge in [0.1, 0.15) is 35.4 Å². The van der Waals surface area contributed by atoms with Gasteiger partial charge < -0.3 is 19.9 Å². The number of aryl methyl sites for hydroxylation is 1. The third-order valence-electron chi connectivity index (χ3n) is 7.75. The molecule has 0 amide bonds. The van der Waals surface area contributed by atoms with Gasteiger partial charge in [0, 0.05) is 59.4 Å². The van der Waals surface area contributed by atoms with Crippen LogP contribution in [0.4, 0.5) is 8.78 Å². The minimum absolute atomic E-state index is 0.0516. The Morgan fingerprint density at radius 2 is 1.98 bits per heavy atom. The summed E-state index contributed by atoms with van der Waals surface area (Å²) < 4.78 is 45.9. The van der Waals surface area contributed by atoms with Gasteiger partial charge >= 0.3 is 0 Å². The number of halogens is 2. The van der Waals surface area contributed by atoms with Crippen LogP contribution < -0.4 is 10.1 Å². The zero-order valence-electron chi connectivity index (χ0n) is 23.5. The summed E-state index contributed by atoms with van der Waals surface area (Å²) in [6.07, 6.45) is 1.81. The van der Waals surface area contributed by atoms with Gasteiger partial charge in [-0.05, 0) is 29.6 Å². The fourth-order valence-electron chi connectivity index (χ4n) is 5.73. The Morgan fingerprint density at radius 3 is 2.81 bits per heavy atom. The number of aliphatic hydroxyl groups excluding tert-OH is 1. The molecule has 9 nitrogen and oxygen atoms in total. The Morgan fingerprint density at radius 1 is 1.09 bits per heavy atom. The number of benzene rings is 2. The molecule has 7 rings (SSSR count). The quantitative estimate of drug-likeness (QED) is 0.228. The van der Waals surface area contributed by atoms with Crippen molar-refractivity contribution in [2.75, 3.05) is 33.5 Å². The Labute approximate surface area is 249 Å². The third-order valence-corrected chi connectivity index (χ3v) is 8.68. The summed E-state index contributed by atoms with van der Waals surface area (Å²) in [5.41, 5.74) is 4.86. The second kappa shape index (κ2) is 11.1. The highest BCUT2D eigenvalue weighted by molar-refractivity contribution is 7.18. The Balaban J connectivity index is 1.52. The molecule has 0 saturated carbocycles. The van der Waals surface area contributed by atoms with Crippen molar-refractivity contribution in [3.63, 3.8) is 0 Å². The summed E-state index contributed by atoms with van der Waals surface area (Å²) in [7, 11) is 3.42. The summed E-state index contributed by atoms with van der Waals surface area (Å²) in [6, 6.07) is 11.6. The van der Waals surface area contributed by atoms with E-state index in [4.69, 9.17) is 19.6 Å². The lowest BCUT2D eigenvalue weighted by Gasteiger charge is -2.22. The third kappa shape index (κ3) is 4.76. The van der Waals surface area contributed by atoms with Gasteiger partial charge in [-0.3, -0.25) is 9.36 Å². The number of ether oxygens (including phenoxy) is 2. The maximum absolute atomic E-state index is 15.9. The monoisotopic (exact) mass is 602 g/mol. The summed E-state index contributed by atoms with van der Waals surface area (Å²) >= 11 is 1.44. The van der Waals surface area contributed by atoms with Gasteiger partial charge in [-0.1, -0.05) is 6.07 Å². The number of aliphatic hydroxyl groups is 1. The van der Waals surface area contributed by atoms with E-state index in [0.717, 1.165) is 38.3 Å². The van der Waals surface area contributed by atoms with E-state index in [9.17, 15) is 9.50 Å². The molecule has 0 spiro atoms. The maximum Gasteiger partial charge on any atom is 0.137 e. The average molecular weight is 603 g/mol. The van der Waals surface area contributed by atoms with E-state index < -0.39 is 11.6 Å². The molecular formula is C31H28F2N6O3S. The largest absolute Gasteiger partial charge is 0.490 e. The molecule has 0 saturated heterocycles. The van der Waals surface area contributed by atoms with Gasteiger partial charge in [0.25, 0.3) is 0 Å². The molecule has 4 aromatic heterocycles. The number of nitrogens with one attached hydrogen (secondary N) is 1. The number of rotatable bonds is 8. The molecule has 1 atom stereocenters. The molecule has 0 radical (unpaired) electrons. The first-order valence-corrected chi connectivity index (χ1v) is 14.7. The second-order valence-electron chi connectivity index (χ2n) is 10.4. The van der Waals surface area contributed by atoms with Gasteiger partial charge in [-0.15, -0.1) is 11.3 Å². The normalized spacial score (nSPS) is 15.0. The first-order valence-electron chi connectivity index (χ1n) is 13.8. The van der Waals surface area contributed by atoms with Gasteiger partial charge in [0.05, 0.1) is 54.5 Å². The van der Waals surface area contributed by atoms with Gasteiger partial charge in [0.2, 0.25) is 0 Å². The van der Waals surface area contributed by atoms with Crippen molar-refractivity contribution < 1.29 is 23.4 Å². The highest BCUT2D eigenvalue weighted by atomic mass is 32.1. The smallest absolute Gasteiger partial charge is 0.137 e. The van der Waals surface area contributed by atoms with Crippen LogP contribution in [-0.2, 0) is 18.3 Å². The molecule has 12 heteroatoms. The van der Waals surface area contributed by atoms with Crippen LogP contribution in [0.15, 0.2) is 54.0 Å². The van der Waals surface area contributed by atoms with Crippen LogP contribution in [0.2, 0.25) is 0 Å². The van der Waals surface area contributed by atoms with Crippen molar-refractivity contribution in [2.45, 2.75) is 12.6 Å². The van der Waals surface area contributed by atoms with Crippen molar-refractivity contribution in [3.8, 4) is 39.5 Å². The zero-order chi connectivity index (χ0) is 29.7. The zero-order valence-corrected chi connectivity index (χ0v) is 24.3.